The number of benzene rings is 2. The fourth-order valence-corrected chi connectivity index (χ4v) is 4.58. The predicted molar refractivity (Wildman–Crippen MR) is 91.6 cm³/mol. The quantitative estimate of drug-likeness (QED) is 0.744. The lowest BCUT2D eigenvalue weighted by atomic mass is 9.88. The van der Waals surface area contributed by atoms with Gasteiger partial charge in [-0.05, 0) is 36.2 Å². The molecule has 7 heteroatoms. The van der Waals surface area contributed by atoms with E-state index in [4.69, 9.17) is 0 Å². The molecule has 1 saturated heterocycles. The maximum absolute atomic E-state index is 12.8. The van der Waals surface area contributed by atoms with Crippen molar-refractivity contribution in [1.29, 1.82) is 0 Å². The maximum Gasteiger partial charge on any atom is 0.416 e. The first-order valence-corrected chi connectivity index (χ1v) is 8.72. The van der Waals surface area contributed by atoms with Gasteiger partial charge in [-0.1, -0.05) is 41.6 Å². The van der Waals surface area contributed by atoms with Crippen molar-refractivity contribution >= 4 is 22.7 Å². The Balaban J connectivity index is 1.73. The van der Waals surface area contributed by atoms with E-state index >= 15 is 0 Å². The summed E-state index contributed by atoms with van der Waals surface area (Å²) in [6, 6.07) is 10.7. The van der Waals surface area contributed by atoms with Gasteiger partial charge in [0.05, 0.1) is 22.9 Å². The lowest BCUT2D eigenvalue weighted by molar-refractivity contribution is -0.137. The van der Waals surface area contributed by atoms with Gasteiger partial charge in [0, 0.05) is 5.69 Å². The molecule has 0 unspecified atom stereocenters. The molecule has 0 saturated carbocycles. The molecule has 2 N–H and O–H groups in total. The van der Waals surface area contributed by atoms with Gasteiger partial charge in [0.15, 0.2) is 0 Å². The molecule has 2 aromatic rings. The molecule has 0 bridgehead atoms. The Morgan fingerprint density at radius 2 is 1.72 bits per heavy atom. The monoisotopic (exact) mass is 364 g/mol. The lowest BCUT2D eigenvalue weighted by Gasteiger charge is -2.36. The Labute approximate surface area is 147 Å². The van der Waals surface area contributed by atoms with E-state index in [-0.39, 0.29) is 22.6 Å². The van der Waals surface area contributed by atoms with Crippen LogP contribution in [0.1, 0.15) is 34.3 Å². The van der Waals surface area contributed by atoms with E-state index in [1.165, 1.54) is 23.9 Å². The molecule has 2 heterocycles. The third-order valence-electron chi connectivity index (χ3n) is 4.62. The van der Waals surface area contributed by atoms with Crippen LogP contribution < -0.4 is 10.6 Å². The minimum atomic E-state index is -4.36. The predicted octanol–water partition coefficient (Wildman–Crippen LogP) is 5.05. The SMILES string of the molecule is Cc1ccc2c(c1)[C@@H]1NC(=O)S[C@@H]1[C@@H](c1ccc(C(F)(F)F)cc1)N2. The van der Waals surface area contributed by atoms with Crippen molar-refractivity contribution in [2.24, 2.45) is 0 Å². The van der Waals surface area contributed by atoms with Crippen molar-refractivity contribution in [3.05, 3.63) is 64.7 Å². The molecule has 0 spiro atoms. The second-order valence-corrected chi connectivity index (χ2v) is 7.48. The number of hydrogen-bond donors (Lipinski definition) is 2. The summed E-state index contributed by atoms with van der Waals surface area (Å²) in [5.74, 6) is 0. The minimum absolute atomic E-state index is 0.108. The number of fused-ring (bicyclic) bond motifs is 3. The van der Waals surface area contributed by atoms with Crippen LogP contribution in [-0.4, -0.2) is 10.5 Å². The Morgan fingerprint density at radius 3 is 2.40 bits per heavy atom. The highest BCUT2D eigenvalue weighted by Gasteiger charge is 2.44. The highest BCUT2D eigenvalue weighted by molar-refractivity contribution is 8.14. The van der Waals surface area contributed by atoms with E-state index in [1.54, 1.807) is 0 Å². The summed E-state index contributed by atoms with van der Waals surface area (Å²) < 4.78 is 38.4. The summed E-state index contributed by atoms with van der Waals surface area (Å²) in [4.78, 5) is 11.9. The molecule has 0 aromatic heterocycles. The molecule has 2 aromatic carbocycles. The molecule has 0 radical (unpaired) electrons. The summed E-state index contributed by atoms with van der Waals surface area (Å²) in [5, 5.41) is 6.15. The number of alkyl halides is 3. The van der Waals surface area contributed by atoms with E-state index in [0.29, 0.717) is 0 Å². The number of amides is 1. The number of anilines is 1. The number of carbonyl (C=O) groups is 1. The van der Waals surface area contributed by atoms with Crippen LogP contribution in [0.3, 0.4) is 0 Å². The number of carbonyl (C=O) groups excluding carboxylic acids is 1. The molecule has 25 heavy (non-hydrogen) atoms. The number of thioether (sulfide) groups is 1. The lowest BCUT2D eigenvalue weighted by Crippen LogP contribution is -2.35. The highest BCUT2D eigenvalue weighted by atomic mass is 32.2. The van der Waals surface area contributed by atoms with E-state index in [2.05, 4.69) is 10.6 Å². The van der Waals surface area contributed by atoms with E-state index < -0.39 is 11.7 Å². The Kier molecular flexibility index (Phi) is 3.72. The van der Waals surface area contributed by atoms with Gasteiger partial charge in [-0.15, -0.1) is 0 Å². The molecule has 3 nitrogen and oxygen atoms in total. The molecule has 2 aliphatic rings. The van der Waals surface area contributed by atoms with Gasteiger partial charge in [0.25, 0.3) is 5.24 Å². The second-order valence-electron chi connectivity index (χ2n) is 6.32. The molecular weight excluding hydrogens is 349 g/mol. The van der Waals surface area contributed by atoms with Gasteiger partial charge in [-0.3, -0.25) is 4.79 Å². The second kappa shape index (κ2) is 5.69. The van der Waals surface area contributed by atoms with Crippen molar-refractivity contribution in [3.8, 4) is 0 Å². The van der Waals surface area contributed by atoms with Crippen LogP contribution in [0.5, 0.6) is 0 Å². The van der Waals surface area contributed by atoms with E-state index in [1.807, 2.05) is 25.1 Å². The van der Waals surface area contributed by atoms with Crippen LogP contribution in [0.25, 0.3) is 0 Å². The zero-order valence-electron chi connectivity index (χ0n) is 13.2. The van der Waals surface area contributed by atoms with E-state index in [0.717, 1.165) is 34.5 Å². The third-order valence-corrected chi connectivity index (χ3v) is 5.77. The number of nitrogens with one attached hydrogen (secondary N) is 2. The van der Waals surface area contributed by atoms with Gasteiger partial charge in [0.2, 0.25) is 0 Å². The zero-order valence-corrected chi connectivity index (χ0v) is 14.0. The standard InChI is InChI=1S/C18H15F3N2OS/c1-9-2-7-13-12(8-9)15-16(25-17(24)23-15)14(22-13)10-3-5-11(6-4-10)18(19,20)21/h2-8,14-16,22H,1H3,(H,23,24)/t14-,15+,16-/m1/s1. The first kappa shape index (κ1) is 16.3. The summed E-state index contributed by atoms with van der Waals surface area (Å²) in [5.41, 5.74) is 3.08. The normalized spacial score (nSPS) is 25.0. The number of halogens is 3. The first-order valence-electron chi connectivity index (χ1n) is 7.84. The van der Waals surface area contributed by atoms with Crippen molar-refractivity contribution in [3.63, 3.8) is 0 Å². The highest BCUT2D eigenvalue weighted by Crippen LogP contribution is 2.49. The fraction of sp³-hybridized carbons (Fsp3) is 0.278. The van der Waals surface area contributed by atoms with E-state index in [9.17, 15) is 18.0 Å². The summed E-state index contributed by atoms with van der Waals surface area (Å²) in [6.45, 7) is 1.99. The third kappa shape index (κ3) is 2.86. The smallest absolute Gasteiger partial charge is 0.377 e. The van der Waals surface area contributed by atoms with Crippen molar-refractivity contribution in [2.75, 3.05) is 5.32 Å². The molecule has 4 rings (SSSR count). The van der Waals surface area contributed by atoms with Gasteiger partial charge in [-0.25, -0.2) is 0 Å². The Morgan fingerprint density at radius 1 is 1.00 bits per heavy atom. The largest absolute Gasteiger partial charge is 0.416 e. The van der Waals surface area contributed by atoms with Gasteiger partial charge >= 0.3 is 6.18 Å². The fourth-order valence-electron chi connectivity index (χ4n) is 3.42. The molecule has 3 atom stereocenters. The Hall–Kier alpha value is -2.15. The van der Waals surface area contributed by atoms with Crippen LogP contribution >= 0.6 is 11.8 Å². The van der Waals surface area contributed by atoms with Gasteiger partial charge < -0.3 is 10.6 Å². The van der Waals surface area contributed by atoms with Crippen LogP contribution in [0, 0.1) is 6.92 Å². The summed E-state index contributed by atoms with van der Waals surface area (Å²) in [6.07, 6.45) is -4.36. The molecule has 1 amide bonds. The average molecular weight is 364 g/mol. The van der Waals surface area contributed by atoms with Crippen LogP contribution in [-0.2, 0) is 6.18 Å². The summed E-state index contributed by atoms with van der Waals surface area (Å²) in [7, 11) is 0. The molecule has 2 aliphatic heterocycles. The van der Waals surface area contributed by atoms with Crippen LogP contribution in [0.2, 0.25) is 0 Å². The van der Waals surface area contributed by atoms with Crippen molar-refractivity contribution < 1.29 is 18.0 Å². The number of hydrogen-bond acceptors (Lipinski definition) is 3. The van der Waals surface area contributed by atoms with Crippen LogP contribution in [0.15, 0.2) is 42.5 Å². The molecule has 0 aliphatic carbocycles. The van der Waals surface area contributed by atoms with Gasteiger partial charge in [-0.2, -0.15) is 13.2 Å². The van der Waals surface area contributed by atoms with Crippen LogP contribution in [0.4, 0.5) is 23.7 Å². The topological polar surface area (TPSA) is 41.1 Å². The maximum atomic E-state index is 12.8. The number of rotatable bonds is 1. The first-order chi connectivity index (χ1) is 11.8. The average Bonchev–Trinajstić information content (AvgIpc) is 2.95. The molecular formula is C18H15F3N2OS. The minimum Gasteiger partial charge on any atom is -0.377 e. The molecule has 1 fully saturated rings. The summed E-state index contributed by atoms with van der Waals surface area (Å²) >= 11 is 1.20. The van der Waals surface area contributed by atoms with Gasteiger partial charge in [0.1, 0.15) is 0 Å². The number of aryl methyl sites for hydroxylation is 1. The van der Waals surface area contributed by atoms with Crippen molar-refractivity contribution in [1.82, 2.24) is 5.32 Å². The zero-order chi connectivity index (χ0) is 17.8. The van der Waals surface area contributed by atoms with Crippen molar-refractivity contribution in [2.45, 2.75) is 30.4 Å². The molecule has 130 valence electrons. The Bertz CT molecular complexity index is 835.